The monoisotopic (exact) mass is 250 g/mol. The van der Waals surface area contributed by atoms with Gasteiger partial charge in [-0.05, 0) is 12.1 Å². The van der Waals surface area contributed by atoms with Crippen molar-refractivity contribution in [2.24, 2.45) is 5.73 Å². The van der Waals surface area contributed by atoms with Gasteiger partial charge in [-0.1, -0.05) is 6.07 Å². The first-order chi connectivity index (χ1) is 8.72. The number of carbonyl (C=O) groups is 1. The first-order valence-corrected chi connectivity index (χ1v) is 6.05. The van der Waals surface area contributed by atoms with Crippen LogP contribution in [0.5, 0.6) is 0 Å². The number of nitrogens with zero attached hydrogens (tertiary/aromatic N) is 3. The van der Waals surface area contributed by atoms with E-state index in [2.05, 4.69) is 9.88 Å². The number of aliphatic carboxylic acids is 1. The second kappa shape index (κ2) is 5.79. The Morgan fingerprint density at radius 2 is 2.11 bits per heavy atom. The molecule has 1 fully saturated rings. The smallest absolute Gasteiger partial charge is 0.322 e. The fourth-order valence-corrected chi connectivity index (χ4v) is 2.21. The predicted octanol–water partition coefficient (Wildman–Crippen LogP) is -0.384. The van der Waals surface area contributed by atoms with Crippen molar-refractivity contribution >= 4 is 11.8 Å². The fraction of sp³-hybridized carbons (Fsp3) is 0.500. The van der Waals surface area contributed by atoms with Gasteiger partial charge in [-0.3, -0.25) is 9.69 Å². The Morgan fingerprint density at radius 3 is 2.61 bits per heavy atom. The molecule has 1 aromatic heterocycles. The van der Waals surface area contributed by atoms with Gasteiger partial charge in [0.15, 0.2) is 0 Å². The van der Waals surface area contributed by atoms with E-state index in [0.29, 0.717) is 13.1 Å². The largest absolute Gasteiger partial charge is 0.480 e. The molecule has 1 atom stereocenters. The van der Waals surface area contributed by atoms with Crippen molar-refractivity contribution in [3.63, 3.8) is 0 Å². The minimum absolute atomic E-state index is 0.152. The van der Waals surface area contributed by atoms with E-state index in [-0.39, 0.29) is 6.54 Å². The summed E-state index contributed by atoms with van der Waals surface area (Å²) in [6.45, 7) is 3.11. The van der Waals surface area contributed by atoms with Crippen molar-refractivity contribution < 1.29 is 9.90 Å². The molecule has 1 saturated heterocycles. The maximum atomic E-state index is 11.0. The molecule has 3 N–H and O–H groups in total. The number of hydrogen-bond acceptors (Lipinski definition) is 5. The molecule has 0 bridgehead atoms. The summed E-state index contributed by atoms with van der Waals surface area (Å²) < 4.78 is 0. The minimum Gasteiger partial charge on any atom is -0.480 e. The summed E-state index contributed by atoms with van der Waals surface area (Å²) in [6, 6.07) is 5.23. The summed E-state index contributed by atoms with van der Waals surface area (Å²) in [4.78, 5) is 19.4. The Kier molecular flexibility index (Phi) is 4.11. The minimum atomic E-state index is -0.844. The van der Waals surface area contributed by atoms with Crippen LogP contribution >= 0.6 is 0 Å². The molecule has 0 radical (unpaired) electrons. The van der Waals surface area contributed by atoms with Gasteiger partial charge in [0.25, 0.3) is 0 Å². The van der Waals surface area contributed by atoms with Crippen LogP contribution < -0.4 is 10.6 Å². The van der Waals surface area contributed by atoms with E-state index in [1.165, 1.54) is 0 Å². The maximum absolute atomic E-state index is 11.0. The zero-order valence-electron chi connectivity index (χ0n) is 10.2. The molecule has 1 unspecified atom stereocenters. The molecule has 1 aliphatic heterocycles. The maximum Gasteiger partial charge on any atom is 0.322 e. The SMILES string of the molecule is NCC(C(=O)O)N1CCN(c2ccccn2)CC1. The van der Waals surface area contributed by atoms with E-state index in [9.17, 15) is 4.79 Å². The highest BCUT2D eigenvalue weighted by atomic mass is 16.4. The van der Waals surface area contributed by atoms with Crippen LogP contribution in [0.25, 0.3) is 0 Å². The van der Waals surface area contributed by atoms with E-state index >= 15 is 0 Å². The van der Waals surface area contributed by atoms with E-state index in [0.717, 1.165) is 18.9 Å². The third-order valence-corrected chi connectivity index (χ3v) is 3.24. The molecule has 0 amide bonds. The van der Waals surface area contributed by atoms with Crippen molar-refractivity contribution in [2.45, 2.75) is 6.04 Å². The molecule has 98 valence electrons. The van der Waals surface area contributed by atoms with Crippen molar-refractivity contribution in [1.82, 2.24) is 9.88 Å². The predicted molar refractivity (Wildman–Crippen MR) is 68.5 cm³/mol. The first kappa shape index (κ1) is 12.8. The molecule has 18 heavy (non-hydrogen) atoms. The highest BCUT2D eigenvalue weighted by Crippen LogP contribution is 2.13. The van der Waals surface area contributed by atoms with Gasteiger partial charge in [0, 0.05) is 38.9 Å². The number of carboxylic acid groups (broad SMARTS) is 1. The number of hydrogen-bond donors (Lipinski definition) is 2. The summed E-state index contributed by atoms with van der Waals surface area (Å²) in [7, 11) is 0. The molecule has 0 aromatic carbocycles. The lowest BCUT2D eigenvalue weighted by Gasteiger charge is -2.37. The molecule has 1 aromatic rings. The van der Waals surface area contributed by atoms with Crippen molar-refractivity contribution in [2.75, 3.05) is 37.6 Å². The third-order valence-electron chi connectivity index (χ3n) is 3.24. The molecule has 1 aliphatic rings. The number of nitrogens with two attached hydrogens (primary N) is 1. The molecule has 6 heteroatoms. The quantitative estimate of drug-likeness (QED) is 0.757. The zero-order chi connectivity index (χ0) is 13.0. The molecule has 0 saturated carbocycles. The second-order valence-electron chi connectivity index (χ2n) is 4.30. The number of aromatic nitrogens is 1. The normalized spacial score (nSPS) is 18.6. The Labute approximate surface area is 106 Å². The number of anilines is 1. The Balaban J connectivity index is 1.94. The molecule has 2 heterocycles. The number of piperazine rings is 1. The van der Waals surface area contributed by atoms with Crippen LogP contribution in [0.3, 0.4) is 0 Å². The summed E-state index contributed by atoms with van der Waals surface area (Å²) in [6.07, 6.45) is 1.77. The zero-order valence-corrected chi connectivity index (χ0v) is 10.2. The average Bonchev–Trinajstić information content (AvgIpc) is 2.41. The van der Waals surface area contributed by atoms with Gasteiger partial charge in [0.2, 0.25) is 0 Å². The van der Waals surface area contributed by atoms with E-state index in [1.54, 1.807) is 6.20 Å². The van der Waals surface area contributed by atoms with Gasteiger partial charge in [0.1, 0.15) is 11.9 Å². The number of rotatable bonds is 4. The van der Waals surface area contributed by atoms with E-state index in [1.807, 2.05) is 23.1 Å². The molecule has 6 nitrogen and oxygen atoms in total. The van der Waals surface area contributed by atoms with Gasteiger partial charge in [-0.2, -0.15) is 0 Å². The average molecular weight is 250 g/mol. The second-order valence-corrected chi connectivity index (χ2v) is 4.30. The van der Waals surface area contributed by atoms with E-state index < -0.39 is 12.0 Å². The van der Waals surface area contributed by atoms with Gasteiger partial charge in [0.05, 0.1) is 0 Å². The van der Waals surface area contributed by atoms with Crippen LogP contribution in [0.2, 0.25) is 0 Å². The molecular weight excluding hydrogens is 232 g/mol. The Bertz CT molecular complexity index is 390. The van der Waals surface area contributed by atoms with E-state index in [4.69, 9.17) is 10.8 Å². The molecule has 0 aliphatic carbocycles. The third kappa shape index (κ3) is 2.77. The highest BCUT2D eigenvalue weighted by Gasteiger charge is 2.27. The van der Waals surface area contributed by atoms with Crippen LogP contribution in [0.15, 0.2) is 24.4 Å². The Hall–Kier alpha value is -1.66. The van der Waals surface area contributed by atoms with Gasteiger partial charge in [-0.15, -0.1) is 0 Å². The summed E-state index contributed by atoms with van der Waals surface area (Å²) in [5.74, 6) is 0.0977. The summed E-state index contributed by atoms with van der Waals surface area (Å²) in [5, 5.41) is 9.06. The fourth-order valence-electron chi connectivity index (χ4n) is 2.21. The first-order valence-electron chi connectivity index (χ1n) is 6.05. The highest BCUT2D eigenvalue weighted by molar-refractivity contribution is 5.73. The molecular formula is C12H18N4O2. The topological polar surface area (TPSA) is 82.7 Å². The Morgan fingerprint density at radius 1 is 1.39 bits per heavy atom. The van der Waals surface area contributed by atoms with Crippen LogP contribution in [-0.4, -0.2) is 59.7 Å². The van der Waals surface area contributed by atoms with Crippen LogP contribution in [-0.2, 0) is 4.79 Å². The number of pyridine rings is 1. The van der Waals surface area contributed by atoms with Crippen molar-refractivity contribution in [3.05, 3.63) is 24.4 Å². The van der Waals surface area contributed by atoms with Gasteiger partial charge < -0.3 is 15.7 Å². The summed E-state index contributed by atoms with van der Waals surface area (Å²) >= 11 is 0. The summed E-state index contributed by atoms with van der Waals surface area (Å²) in [5.41, 5.74) is 5.50. The lowest BCUT2D eigenvalue weighted by Crippen LogP contribution is -2.55. The number of carboxylic acids is 1. The van der Waals surface area contributed by atoms with Crippen LogP contribution in [0.4, 0.5) is 5.82 Å². The lowest BCUT2D eigenvalue weighted by molar-refractivity contribution is -0.143. The van der Waals surface area contributed by atoms with Gasteiger partial charge in [-0.25, -0.2) is 4.98 Å². The van der Waals surface area contributed by atoms with Crippen molar-refractivity contribution in [3.8, 4) is 0 Å². The van der Waals surface area contributed by atoms with Crippen molar-refractivity contribution in [1.29, 1.82) is 0 Å². The van der Waals surface area contributed by atoms with Gasteiger partial charge >= 0.3 is 5.97 Å². The van der Waals surface area contributed by atoms with Crippen LogP contribution in [0, 0.1) is 0 Å². The lowest BCUT2D eigenvalue weighted by atomic mass is 10.2. The molecule has 0 spiro atoms. The van der Waals surface area contributed by atoms with Crippen LogP contribution in [0.1, 0.15) is 0 Å². The molecule has 2 rings (SSSR count). The standard InChI is InChI=1S/C12H18N4O2/c13-9-10(12(17)18)15-5-7-16(8-6-15)11-3-1-2-4-14-11/h1-4,10H,5-9,13H2,(H,17,18).